The van der Waals surface area contributed by atoms with Crippen LogP contribution in [0.15, 0.2) is 36.5 Å². The zero-order chi connectivity index (χ0) is 25.6. The standard InChI is InChI=1S/C25H23ClFN4O4Si/c26-16-3-1-10-28-19(16)21(25(27)8-2-9-25)30-22(33)13-4-5-15-14(11-13)12-31(24(15)35)17-6-7-18(32)29-23(34)20(17)36/h1,3-5,10-11,17,20-21H,2,6-9,12H2,(H,30,33)(H,29,32,34)/t17-,20?,21+/m0/s1. The lowest BCUT2D eigenvalue weighted by Gasteiger charge is -2.40. The van der Waals surface area contributed by atoms with Gasteiger partial charge in [-0.05, 0) is 61.6 Å². The second-order valence-corrected chi connectivity index (χ2v) is 10.5. The van der Waals surface area contributed by atoms with Crippen molar-refractivity contribution in [2.45, 2.75) is 61.9 Å². The number of carbonyl (C=O) groups is 4. The maximum atomic E-state index is 15.5. The molecule has 1 aromatic carbocycles. The van der Waals surface area contributed by atoms with Crippen LogP contribution in [0.2, 0.25) is 10.6 Å². The van der Waals surface area contributed by atoms with Crippen LogP contribution in [-0.2, 0) is 16.1 Å². The van der Waals surface area contributed by atoms with Gasteiger partial charge in [-0.3, -0.25) is 29.5 Å². The van der Waals surface area contributed by atoms with E-state index in [9.17, 15) is 19.2 Å². The molecule has 1 saturated heterocycles. The Kier molecular flexibility index (Phi) is 6.42. The highest BCUT2D eigenvalue weighted by molar-refractivity contribution is 6.31. The molecular weight excluding hydrogens is 503 g/mol. The Morgan fingerprint density at radius 3 is 2.75 bits per heavy atom. The summed E-state index contributed by atoms with van der Waals surface area (Å²) >= 11 is 6.28. The first kappa shape index (κ1) is 24.6. The Bertz CT molecular complexity index is 1270. The average Bonchev–Trinajstić information content (AvgIpc) is 3.10. The highest BCUT2D eigenvalue weighted by Gasteiger charge is 2.48. The van der Waals surface area contributed by atoms with Crippen molar-refractivity contribution in [1.29, 1.82) is 0 Å². The zero-order valence-corrected chi connectivity index (χ0v) is 21.0. The third-order valence-electron chi connectivity index (χ3n) is 7.23. The van der Waals surface area contributed by atoms with Crippen LogP contribution in [0.1, 0.15) is 70.1 Å². The minimum Gasteiger partial charge on any atom is -0.340 e. The molecule has 185 valence electrons. The van der Waals surface area contributed by atoms with E-state index < -0.39 is 35.1 Å². The summed E-state index contributed by atoms with van der Waals surface area (Å²) in [7, 11) is 3.39. The second-order valence-electron chi connectivity index (χ2n) is 9.47. The summed E-state index contributed by atoms with van der Waals surface area (Å²) < 4.78 is 15.5. The van der Waals surface area contributed by atoms with E-state index in [1.54, 1.807) is 29.2 Å². The van der Waals surface area contributed by atoms with Crippen LogP contribution in [0.4, 0.5) is 4.39 Å². The number of pyridine rings is 1. The van der Waals surface area contributed by atoms with E-state index in [1.807, 2.05) is 0 Å². The summed E-state index contributed by atoms with van der Waals surface area (Å²) in [6.07, 6.45) is 3.25. The van der Waals surface area contributed by atoms with Gasteiger partial charge in [0.2, 0.25) is 11.8 Å². The molecule has 2 aliphatic heterocycles. The van der Waals surface area contributed by atoms with E-state index in [-0.39, 0.29) is 41.1 Å². The van der Waals surface area contributed by atoms with Crippen molar-refractivity contribution in [3.63, 3.8) is 0 Å². The van der Waals surface area contributed by atoms with Crippen LogP contribution in [0.25, 0.3) is 0 Å². The quantitative estimate of drug-likeness (QED) is 0.461. The molecule has 1 aromatic heterocycles. The average molecular weight is 526 g/mol. The van der Waals surface area contributed by atoms with Gasteiger partial charge < -0.3 is 10.2 Å². The van der Waals surface area contributed by atoms with Gasteiger partial charge >= 0.3 is 0 Å². The Hall–Kier alpha value is -3.11. The monoisotopic (exact) mass is 525 g/mol. The van der Waals surface area contributed by atoms with Crippen molar-refractivity contribution in [3.8, 4) is 0 Å². The first-order valence-electron chi connectivity index (χ1n) is 11.8. The molecule has 2 N–H and O–H groups in total. The normalized spacial score (nSPS) is 23.9. The molecule has 36 heavy (non-hydrogen) atoms. The molecule has 0 spiro atoms. The number of nitrogens with zero attached hydrogens (tertiary/aromatic N) is 2. The van der Waals surface area contributed by atoms with E-state index in [0.29, 0.717) is 36.8 Å². The molecule has 2 aromatic rings. The number of imide groups is 1. The highest BCUT2D eigenvalue weighted by Crippen LogP contribution is 2.46. The van der Waals surface area contributed by atoms with Crippen molar-refractivity contribution < 1.29 is 23.6 Å². The maximum Gasteiger partial charge on any atom is 0.254 e. The van der Waals surface area contributed by atoms with Gasteiger partial charge in [0.15, 0.2) is 0 Å². The molecule has 3 heterocycles. The molecule has 1 unspecified atom stereocenters. The Morgan fingerprint density at radius 1 is 1.28 bits per heavy atom. The van der Waals surface area contributed by atoms with Crippen molar-refractivity contribution in [1.82, 2.24) is 20.5 Å². The molecule has 11 heteroatoms. The Balaban J connectivity index is 1.38. The Labute approximate surface area is 215 Å². The molecule has 1 aliphatic carbocycles. The molecule has 2 fully saturated rings. The van der Waals surface area contributed by atoms with Crippen LogP contribution >= 0.6 is 11.6 Å². The van der Waals surface area contributed by atoms with E-state index in [2.05, 4.69) is 25.9 Å². The predicted molar refractivity (Wildman–Crippen MR) is 129 cm³/mol. The number of halogens is 2. The molecule has 8 nitrogen and oxygen atoms in total. The molecule has 4 amide bonds. The van der Waals surface area contributed by atoms with Crippen molar-refractivity contribution in [2.75, 3.05) is 0 Å². The third kappa shape index (κ3) is 4.32. The SMILES string of the molecule is O=C1CC[C@H](N2Cc3cc(C(=O)N[C@H](c4ncccc4Cl)C4(F)CCC4)ccc3C2=O)C([Si])C(=O)N1. The van der Waals surface area contributed by atoms with Gasteiger partial charge in [0.1, 0.15) is 11.7 Å². The summed E-state index contributed by atoms with van der Waals surface area (Å²) in [5.41, 5.74) is -0.794. The van der Waals surface area contributed by atoms with Gasteiger partial charge in [0.05, 0.1) is 10.7 Å². The maximum absolute atomic E-state index is 15.5. The molecule has 3 atom stereocenters. The van der Waals surface area contributed by atoms with Gasteiger partial charge in [-0.25, -0.2) is 4.39 Å². The molecule has 3 radical (unpaired) electrons. The fourth-order valence-electron chi connectivity index (χ4n) is 5.06. The number of alkyl halides is 1. The smallest absolute Gasteiger partial charge is 0.254 e. The van der Waals surface area contributed by atoms with Crippen LogP contribution in [0.3, 0.4) is 0 Å². The number of rotatable bonds is 5. The van der Waals surface area contributed by atoms with Crippen LogP contribution < -0.4 is 10.6 Å². The minimum absolute atomic E-state index is 0.119. The summed E-state index contributed by atoms with van der Waals surface area (Å²) in [4.78, 5) is 56.2. The molecule has 1 saturated carbocycles. The number of hydrogen-bond acceptors (Lipinski definition) is 5. The lowest BCUT2D eigenvalue weighted by Crippen LogP contribution is -2.48. The largest absolute Gasteiger partial charge is 0.340 e. The van der Waals surface area contributed by atoms with Gasteiger partial charge in [-0.1, -0.05) is 11.6 Å². The van der Waals surface area contributed by atoms with Gasteiger partial charge in [0.25, 0.3) is 11.8 Å². The topological polar surface area (TPSA) is 108 Å². The van der Waals surface area contributed by atoms with E-state index >= 15 is 4.39 Å². The number of fused-ring (bicyclic) bond motifs is 1. The first-order valence-corrected chi connectivity index (χ1v) is 12.7. The van der Waals surface area contributed by atoms with E-state index in [0.717, 1.165) is 0 Å². The van der Waals surface area contributed by atoms with Crippen LogP contribution in [-0.4, -0.2) is 55.5 Å². The number of hydrogen-bond donors (Lipinski definition) is 2. The van der Waals surface area contributed by atoms with E-state index in [1.165, 1.54) is 12.3 Å². The van der Waals surface area contributed by atoms with Crippen LogP contribution in [0, 0.1) is 0 Å². The molecule has 3 aliphatic rings. The highest BCUT2D eigenvalue weighted by atomic mass is 35.5. The fraction of sp³-hybridized carbons (Fsp3) is 0.400. The Morgan fingerprint density at radius 2 is 2.06 bits per heavy atom. The van der Waals surface area contributed by atoms with Crippen molar-refractivity contribution >= 4 is 45.5 Å². The number of benzene rings is 1. The van der Waals surface area contributed by atoms with Gasteiger partial charge in [-0.15, -0.1) is 0 Å². The number of amides is 4. The predicted octanol–water partition coefficient (Wildman–Crippen LogP) is 2.82. The lowest BCUT2D eigenvalue weighted by atomic mass is 9.75. The first-order chi connectivity index (χ1) is 17.2. The molecular formula is C25H23ClFN4O4Si. The van der Waals surface area contributed by atoms with Gasteiger partial charge in [-0.2, -0.15) is 0 Å². The molecule has 0 bridgehead atoms. The zero-order valence-electron chi connectivity index (χ0n) is 19.2. The van der Waals surface area contributed by atoms with E-state index in [4.69, 9.17) is 11.6 Å². The fourth-order valence-corrected chi connectivity index (χ4v) is 5.71. The second kappa shape index (κ2) is 9.40. The van der Waals surface area contributed by atoms with Crippen LogP contribution in [0.5, 0.6) is 0 Å². The lowest BCUT2D eigenvalue weighted by molar-refractivity contribution is -0.129. The van der Waals surface area contributed by atoms with Gasteiger partial charge in [0, 0.05) is 52.1 Å². The summed E-state index contributed by atoms with van der Waals surface area (Å²) in [6, 6.07) is 6.42. The third-order valence-corrected chi connectivity index (χ3v) is 8.20. The number of nitrogens with one attached hydrogen (secondary N) is 2. The number of carbonyl (C=O) groups excluding carboxylic acids is 4. The minimum atomic E-state index is -1.64. The van der Waals surface area contributed by atoms with Crippen molar-refractivity contribution in [3.05, 3.63) is 63.9 Å². The van der Waals surface area contributed by atoms with Crippen molar-refractivity contribution in [2.24, 2.45) is 0 Å². The summed E-state index contributed by atoms with van der Waals surface area (Å²) in [5.74, 6) is -1.65. The summed E-state index contributed by atoms with van der Waals surface area (Å²) in [5, 5.41) is 5.35. The molecule has 5 rings (SSSR count). The summed E-state index contributed by atoms with van der Waals surface area (Å²) in [6.45, 7) is 0.185. The number of aromatic nitrogens is 1.